The smallest absolute Gasteiger partial charge is 0.266 e. The summed E-state index contributed by atoms with van der Waals surface area (Å²) in [6.07, 6.45) is 1.05. The van der Waals surface area contributed by atoms with Crippen LogP contribution in [0.1, 0.15) is 18.1 Å². The van der Waals surface area contributed by atoms with Crippen molar-refractivity contribution in [1.82, 2.24) is 4.31 Å². The normalized spacial score (nSPS) is 16.5. The van der Waals surface area contributed by atoms with Crippen molar-refractivity contribution in [3.05, 3.63) is 74.7 Å². The van der Waals surface area contributed by atoms with Crippen molar-refractivity contribution in [1.29, 1.82) is 5.26 Å². The first kappa shape index (κ1) is 22.2. The predicted molar refractivity (Wildman–Crippen MR) is 121 cm³/mol. The van der Waals surface area contributed by atoms with Crippen LogP contribution in [0, 0.1) is 11.3 Å². The number of rotatable bonds is 6. The third-order valence-corrected chi connectivity index (χ3v) is 7.47. The number of hydrogen-bond acceptors (Lipinski definition) is 6. The number of amides is 1. The molecule has 0 saturated heterocycles. The van der Waals surface area contributed by atoms with E-state index in [4.69, 9.17) is 11.0 Å². The Morgan fingerprint density at radius 1 is 1.23 bits per heavy atom. The number of nitrogens with zero attached hydrogens (tertiary/aromatic N) is 3. The fourth-order valence-corrected chi connectivity index (χ4v) is 6.21. The molecular weight excluding hydrogens is 488 g/mol. The molecule has 30 heavy (non-hydrogen) atoms. The van der Waals surface area contributed by atoms with Crippen LogP contribution in [0.2, 0.25) is 0 Å². The lowest BCUT2D eigenvalue weighted by Gasteiger charge is -2.36. The van der Waals surface area contributed by atoms with E-state index in [1.807, 2.05) is 29.2 Å². The molecule has 2 aromatic carbocycles. The molecular formula is C20H19BrN4O3S2. The molecule has 156 valence electrons. The minimum Gasteiger partial charge on any atom is -0.364 e. The Morgan fingerprint density at radius 2 is 1.83 bits per heavy atom. The summed E-state index contributed by atoms with van der Waals surface area (Å²) >= 11 is 4.66. The molecule has 1 heterocycles. The van der Waals surface area contributed by atoms with Crippen LogP contribution >= 0.6 is 27.7 Å². The minimum absolute atomic E-state index is 0.0260. The average molecular weight is 507 g/mol. The highest BCUT2D eigenvalue weighted by Crippen LogP contribution is 2.43. The zero-order valence-corrected chi connectivity index (χ0v) is 19.5. The Morgan fingerprint density at radius 3 is 2.33 bits per heavy atom. The second kappa shape index (κ2) is 8.71. The maximum atomic E-state index is 12.6. The van der Waals surface area contributed by atoms with Crippen LogP contribution in [0.4, 0.5) is 5.69 Å². The van der Waals surface area contributed by atoms with Gasteiger partial charge in [-0.05, 0) is 48.9 Å². The summed E-state index contributed by atoms with van der Waals surface area (Å²) in [6.45, 7) is 2.06. The number of hydrogen-bond donors (Lipinski definition) is 1. The summed E-state index contributed by atoms with van der Waals surface area (Å²) < 4.78 is 27.3. The van der Waals surface area contributed by atoms with Crippen molar-refractivity contribution < 1.29 is 13.2 Å². The number of benzene rings is 2. The molecule has 0 aromatic heterocycles. The molecule has 1 atom stereocenters. The van der Waals surface area contributed by atoms with E-state index in [0.717, 1.165) is 20.6 Å². The molecule has 1 aliphatic rings. The first-order chi connectivity index (χ1) is 14.1. The first-order valence-electron chi connectivity index (χ1n) is 8.80. The van der Waals surface area contributed by atoms with E-state index in [1.165, 1.54) is 11.8 Å². The molecule has 1 unspecified atom stereocenters. The van der Waals surface area contributed by atoms with E-state index in [9.17, 15) is 13.2 Å². The SMILES string of the molecule is CC1=C(C(N)=O)N(S(C)(=O)=O)C(N(Cc2ccc(Br)cc2)c2ccc(C#N)cc2)S1. The van der Waals surface area contributed by atoms with Gasteiger partial charge >= 0.3 is 0 Å². The van der Waals surface area contributed by atoms with Crippen molar-refractivity contribution >= 4 is 49.3 Å². The number of anilines is 1. The highest BCUT2D eigenvalue weighted by Gasteiger charge is 2.42. The van der Waals surface area contributed by atoms with Crippen molar-refractivity contribution in [3.8, 4) is 6.07 Å². The lowest BCUT2D eigenvalue weighted by atomic mass is 10.1. The van der Waals surface area contributed by atoms with Gasteiger partial charge in [-0.25, -0.2) is 12.7 Å². The highest BCUT2D eigenvalue weighted by molar-refractivity contribution is 9.10. The number of thioether (sulfide) groups is 1. The molecule has 1 amide bonds. The van der Waals surface area contributed by atoms with Gasteiger partial charge in [-0.2, -0.15) is 5.26 Å². The summed E-state index contributed by atoms with van der Waals surface area (Å²) in [5.74, 6) is -0.795. The minimum atomic E-state index is -3.79. The van der Waals surface area contributed by atoms with Crippen LogP contribution in [0.15, 0.2) is 63.6 Å². The van der Waals surface area contributed by atoms with Gasteiger partial charge in [0.2, 0.25) is 10.0 Å². The summed E-state index contributed by atoms with van der Waals surface area (Å²) in [4.78, 5) is 14.4. The van der Waals surface area contributed by atoms with Crippen molar-refractivity contribution in [2.24, 2.45) is 5.73 Å². The van der Waals surface area contributed by atoms with E-state index in [0.29, 0.717) is 22.7 Å². The van der Waals surface area contributed by atoms with Crippen LogP contribution in [0.25, 0.3) is 0 Å². The predicted octanol–water partition coefficient (Wildman–Crippen LogP) is 3.34. The second-order valence-corrected chi connectivity index (χ2v) is 10.7. The summed E-state index contributed by atoms with van der Waals surface area (Å²) in [5, 5.41) is 9.10. The fraction of sp³-hybridized carbons (Fsp3) is 0.200. The first-order valence-corrected chi connectivity index (χ1v) is 12.3. The molecule has 1 aliphatic heterocycles. The number of primary amides is 1. The van der Waals surface area contributed by atoms with Crippen LogP contribution < -0.4 is 10.6 Å². The third-order valence-electron chi connectivity index (χ3n) is 4.49. The topological polar surface area (TPSA) is 108 Å². The van der Waals surface area contributed by atoms with Gasteiger partial charge < -0.3 is 10.6 Å². The standard InChI is InChI=1S/C20H19BrN4O3S2/c1-13-18(19(23)26)25(30(2,27)28)20(29-13)24(12-15-3-7-16(21)8-4-15)17-9-5-14(11-22)6-10-17/h3-10,20H,12H2,1-2H3,(H2,23,26). The van der Waals surface area contributed by atoms with E-state index >= 15 is 0 Å². The van der Waals surface area contributed by atoms with Crippen molar-refractivity contribution in [2.75, 3.05) is 11.2 Å². The fourth-order valence-electron chi connectivity index (χ4n) is 3.14. The van der Waals surface area contributed by atoms with Gasteiger partial charge in [0.25, 0.3) is 5.91 Å². The van der Waals surface area contributed by atoms with E-state index in [2.05, 4.69) is 22.0 Å². The molecule has 2 N–H and O–H groups in total. The van der Waals surface area contributed by atoms with Crippen LogP contribution in [0.5, 0.6) is 0 Å². The maximum Gasteiger partial charge on any atom is 0.266 e. The van der Waals surface area contributed by atoms with Crippen molar-refractivity contribution in [2.45, 2.75) is 19.0 Å². The lowest BCUT2D eigenvalue weighted by Crippen LogP contribution is -2.47. The summed E-state index contributed by atoms with van der Waals surface area (Å²) in [7, 11) is -3.79. The van der Waals surface area contributed by atoms with Crippen LogP contribution in [-0.2, 0) is 21.4 Å². The van der Waals surface area contributed by atoms with Gasteiger partial charge in [0.15, 0.2) is 5.50 Å². The molecule has 10 heteroatoms. The van der Waals surface area contributed by atoms with Gasteiger partial charge in [0.1, 0.15) is 5.70 Å². The Balaban J connectivity index is 2.09. The number of carbonyl (C=O) groups excluding carboxylic acids is 1. The van der Waals surface area contributed by atoms with E-state index in [1.54, 1.807) is 31.2 Å². The molecule has 0 aliphatic carbocycles. The number of halogens is 1. The molecule has 0 spiro atoms. The van der Waals surface area contributed by atoms with Gasteiger partial charge in [-0.3, -0.25) is 4.79 Å². The van der Waals surface area contributed by atoms with Gasteiger partial charge in [-0.1, -0.05) is 39.8 Å². The number of allylic oxidation sites excluding steroid dienone is 1. The number of sulfonamides is 1. The molecule has 0 bridgehead atoms. The molecule has 3 rings (SSSR count). The quantitative estimate of drug-likeness (QED) is 0.643. The average Bonchev–Trinajstić information content (AvgIpc) is 3.05. The van der Waals surface area contributed by atoms with Crippen LogP contribution in [-0.4, -0.2) is 30.4 Å². The Hall–Kier alpha value is -2.48. The molecule has 0 radical (unpaired) electrons. The Kier molecular flexibility index (Phi) is 6.45. The zero-order chi connectivity index (χ0) is 22.1. The van der Waals surface area contributed by atoms with Gasteiger partial charge in [0, 0.05) is 21.6 Å². The number of nitriles is 1. The monoisotopic (exact) mass is 506 g/mol. The molecule has 0 saturated carbocycles. The van der Waals surface area contributed by atoms with Crippen molar-refractivity contribution in [3.63, 3.8) is 0 Å². The Bertz CT molecular complexity index is 1140. The Labute approximate surface area is 188 Å². The highest BCUT2D eigenvalue weighted by atomic mass is 79.9. The van der Waals surface area contributed by atoms with E-state index < -0.39 is 21.4 Å². The molecule has 2 aromatic rings. The summed E-state index contributed by atoms with van der Waals surface area (Å²) in [5.41, 5.74) is 6.89. The lowest BCUT2D eigenvalue weighted by molar-refractivity contribution is -0.115. The molecule has 0 fully saturated rings. The largest absolute Gasteiger partial charge is 0.364 e. The maximum absolute atomic E-state index is 12.6. The van der Waals surface area contributed by atoms with Crippen LogP contribution in [0.3, 0.4) is 0 Å². The second-order valence-electron chi connectivity index (χ2n) is 6.69. The number of carbonyl (C=O) groups is 1. The number of nitrogens with two attached hydrogens (primary N) is 1. The van der Waals surface area contributed by atoms with E-state index in [-0.39, 0.29) is 5.70 Å². The summed E-state index contributed by atoms with van der Waals surface area (Å²) in [6, 6.07) is 16.6. The zero-order valence-electron chi connectivity index (χ0n) is 16.2. The van der Waals surface area contributed by atoms with Gasteiger partial charge in [-0.15, -0.1) is 0 Å². The molecule has 7 nitrogen and oxygen atoms in total. The van der Waals surface area contributed by atoms with Gasteiger partial charge in [0.05, 0.1) is 17.9 Å². The third kappa shape index (κ3) is 4.64.